The van der Waals surface area contributed by atoms with Crippen LogP contribution in [0.2, 0.25) is 0 Å². The molecule has 5 rings (SSSR count). The summed E-state index contributed by atoms with van der Waals surface area (Å²) in [7, 11) is -1.91. The first-order valence-electron chi connectivity index (χ1n) is 10.6. The van der Waals surface area contributed by atoms with Crippen LogP contribution in [-0.2, 0) is 24.2 Å². The van der Waals surface area contributed by atoms with Crippen LogP contribution in [0, 0.1) is 0 Å². The quantitative estimate of drug-likeness (QED) is 0.301. The zero-order chi connectivity index (χ0) is 20.5. The fourth-order valence-corrected chi connectivity index (χ4v) is 8.28. The SMILES string of the molecule is C1CCOC1.[Cl-].[Zn].c1ccc([P+](c2ccccc2)(c2ccccc2)c2ccccc2)cc1. The van der Waals surface area contributed by atoms with Crippen molar-refractivity contribution in [3.63, 3.8) is 0 Å². The molecule has 0 radical (unpaired) electrons. The molecule has 1 nitrogen and oxygen atoms in total. The predicted molar refractivity (Wildman–Crippen MR) is 131 cm³/mol. The zero-order valence-corrected chi connectivity index (χ0v) is 22.9. The summed E-state index contributed by atoms with van der Waals surface area (Å²) >= 11 is 0. The van der Waals surface area contributed by atoms with E-state index in [1.165, 1.54) is 34.1 Å². The van der Waals surface area contributed by atoms with E-state index in [4.69, 9.17) is 4.74 Å². The Balaban J connectivity index is 0.000000460. The van der Waals surface area contributed by atoms with Crippen LogP contribution in [0.25, 0.3) is 0 Å². The van der Waals surface area contributed by atoms with Gasteiger partial charge in [0.15, 0.2) is 0 Å². The van der Waals surface area contributed by atoms with Crippen molar-refractivity contribution in [3.8, 4) is 0 Å². The van der Waals surface area contributed by atoms with E-state index in [2.05, 4.69) is 121 Å². The third-order valence-electron chi connectivity index (χ3n) is 5.40. The summed E-state index contributed by atoms with van der Waals surface area (Å²) in [4.78, 5) is 0. The molecule has 0 N–H and O–H groups in total. The molecule has 0 aromatic heterocycles. The number of benzene rings is 4. The number of halogens is 1. The number of rotatable bonds is 4. The fourth-order valence-electron chi connectivity index (χ4n) is 4.01. The van der Waals surface area contributed by atoms with E-state index in [0.29, 0.717) is 0 Å². The smallest absolute Gasteiger partial charge is 0.144 e. The average molecular weight is 512 g/mol. The molecule has 1 fully saturated rings. The second kappa shape index (κ2) is 13.7. The van der Waals surface area contributed by atoms with Crippen LogP contribution in [0.4, 0.5) is 0 Å². The van der Waals surface area contributed by atoms with E-state index in [-0.39, 0.29) is 31.9 Å². The maximum Gasteiger partial charge on any atom is 0.144 e. The maximum absolute atomic E-state index is 4.94. The Kier molecular flexibility index (Phi) is 11.3. The van der Waals surface area contributed by atoms with Gasteiger partial charge in [0.25, 0.3) is 0 Å². The van der Waals surface area contributed by atoms with Crippen LogP contribution in [-0.4, -0.2) is 13.2 Å². The van der Waals surface area contributed by atoms with E-state index in [9.17, 15) is 0 Å². The predicted octanol–water partition coefficient (Wildman–Crippen LogP) is 2.10. The van der Waals surface area contributed by atoms with Gasteiger partial charge in [-0.2, -0.15) is 0 Å². The molecule has 0 atom stereocenters. The molecule has 4 heteroatoms. The Morgan fingerprint density at radius 1 is 0.438 bits per heavy atom. The number of hydrogen-bond acceptors (Lipinski definition) is 1. The standard InChI is InChI=1S/C24H20P.C4H8O.ClH.Zn/c1-5-13-21(14-6-1)25(22-15-7-2-8-16-22,23-17-9-3-10-18-23)24-19-11-4-12-20-24;1-2-4-5-3-1;;/h1-20H;1-4H2;1H;/q+1;;;/p-1. The van der Waals surface area contributed by atoms with Gasteiger partial charge in [-0.25, -0.2) is 0 Å². The molecule has 1 aliphatic heterocycles. The van der Waals surface area contributed by atoms with Crippen molar-refractivity contribution in [1.82, 2.24) is 0 Å². The minimum absolute atomic E-state index is 0. The summed E-state index contributed by atoms with van der Waals surface area (Å²) in [6.45, 7) is 2.00. The van der Waals surface area contributed by atoms with Crippen molar-refractivity contribution in [2.75, 3.05) is 13.2 Å². The fraction of sp³-hybridized carbons (Fsp3) is 0.143. The summed E-state index contributed by atoms with van der Waals surface area (Å²) in [6, 6.07) is 43.8. The third-order valence-corrected chi connectivity index (χ3v) is 9.69. The Labute approximate surface area is 211 Å². The van der Waals surface area contributed by atoms with Gasteiger partial charge in [0.2, 0.25) is 0 Å². The molecule has 1 saturated heterocycles. The van der Waals surface area contributed by atoms with E-state index in [0.717, 1.165) is 13.2 Å². The average Bonchev–Trinajstić information content (AvgIpc) is 3.43. The number of hydrogen-bond donors (Lipinski definition) is 0. The van der Waals surface area contributed by atoms with Crippen molar-refractivity contribution in [2.24, 2.45) is 0 Å². The van der Waals surface area contributed by atoms with Crippen molar-refractivity contribution in [3.05, 3.63) is 121 Å². The first-order chi connectivity index (χ1) is 14.9. The third kappa shape index (κ3) is 5.95. The summed E-state index contributed by atoms with van der Waals surface area (Å²) in [5, 5.41) is 5.55. The van der Waals surface area contributed by atoms with Gasteiger partial charge in [-0.15, -0.1) is 0 Å². The Morgan fingerprint density at radius 2 is 0.688 bits per heavy atom. The molecular formula is C28H28ClOPZn. The van der Waals surface area contributed by atoms with Crippen LogP contribution >= 0.6 is 7.26 Å². The van der Waals surface area contributed by atoms with Gasteiger partial charge in [0.05, 0.1) is 0 Å². The first kappa shape index (κ1) is 26.4. The van der Waals surface area contributed by atoms with E-state index >= 15 is 0 Å². The monoisotopic (exact) mass is 510 g/mol. The molecule has 0 unspecified atom stereocenters. The summed E-state index contributed by atoms with van der Waals surface area (Å²) in [5.74, 6) is 0. The number of ether oxygens (including phenoxy) is 1. The molecule has 0 bridgehead atoms. The molecule has 1 heterocycles. The van der Waals surface area contributed by atoms with Crippen LogP contribution in [0.15, 0.2) is 121 Å². The zero-order valence-electron chi connectivity index (χ0n) is 18.3. The Morgan fingerprint density at radius 3 is 0.875 bits per heavy atom. The maximum atomic E-state index is 4.94. The molecule has 0 amide bonds. The van der Waals surface area contributed by atoms with Crippen molar-refractivity contribution < 1.29 is 36.6 Å². The topological polar surface area (TPSA) is 9.23 Å². The van der Waals surface area contributed by atoms with Gasteiger partial charge < -0.3 is 17.1 Å². The van der Waals surface area contributed by atoms with E-state index < -0.39 is 7.26 Å². The van der Waals surface area contributed by atoms with Gasteiger partial charge >= 0.3 is 0 Å². The van der Waals surface area contributed by atoms with Gasteiger partial charge in [0.1, 0.15) is 28.5 Å². The minimum atomic E-state index is -1.91. The van der Waals surface area contributed by atoms with E-state index in [1.54, 1.807) is 0 Å². The summed E-state index contributed by atoms with van der Waals surface area (Å²) < 4.78 is 4.94. The minimum Gasteiger partial charge on any atom is -1.00 e. The van der Waals surface area contributed by atoms with Crippen LogP contribution < -0.4 is 33.6 Å². The van der Waals surface area contributed by atoms with Crippen molar-refractivity contribution in [1.29, 1.82) is 0 Å². The molecule has 4 aromatic rings. The van der Waals surface area contributed by atoms with Crippen molar-refractivity contribution >= 4 is 28.5 Å². The Hall–Kier alpha value is -1.82. The molecular weight excluding hydrogens is 484 g/mol. The normalized spacial score (nSPS) is 12.5. The van der Waals surface area contributed by atoms with Gasteiger partial charge in [-0.3, -0.25) is 0 Å². The second-order valence-corrected chi connectivity index (χ2v) is 10.7. The second-order valence-electron chi connectivity index (χ2n) is 7.33. The molecule has 160 valence electrons. The molecule has 32 heavy (non-hydrogen) atoms. The van der Waals surface area contributed by atoms with Crippen LogP contribution in [0.1, 0.15) is 12.8 Å². The van der Waals surface area contributed by atoms with Crippen LogP contribution in [0.3, 0.4) is 0 Å². The molecule has 0 aliphatic carbocycles. The molecule has 0 spiro atoms. The molecule has 1 aliphatic rings. The van der Waals surface area contributed by atoms with E-state index in [1.807, 2.05) is 0 Å². The van der Waals surface area contributed by atoms with Crippen molar-refractivity contribution in [2.45, 2.75) is 12.8 Å². The van der Waals surface area contributed by atoms with Gasteiger partial charge in [-0.1, -0.05) is 72.8 Å². The summed E-state index contributed by atoms with van der Waals surface area (Å²) in [6.07, 6.45) is 2.56. The van der Waals surface area contributed by atoms with Gasteiger partial charge in [0, 0.05) is 32.7 Å². The largest absolute Gasteiger partial charge is 1.00 e. The molecule has 0 saturated carbocycles. The summed E-state index contributed by atoms with van der Waals surface area (Å²) in [5.41, 5.74) is 0. The first-order valence-corrected chi connectivity index (χ1v) is 12.4. The van der Waals surface area contributed by atoms with Gasteiger partial charge in [-0.05, 0) is 61.4 Å². The molecule has 4 aromatic carbocycles. The Bertz CT molecular complexity index is 839. The van der Waals surface area contributed by atoms with Crippen LogP contribution in [0.5, 0.6) is 0 Å².